The molecular formula is C21H28FN3O3. The third kappa shape index (κ3) is 6.33. The van der Waals surface area contributed by atoms with Crippen molar-refractivity contribution >= 4 is 5.96 Å². The highest BCUT2D eigenvalue weighted by Crippen LogP contribution is 2.21. The van der Waals surface area contributed by atoms with Crippen LogP contribution in [0, 0.1) is 5.82 Å². The average Bonchev–Trinajstić information content (AvgIpc) is 2.72. The molecule has 0 bridgehead atoms. The van der Waals surface area contributed by atoms with Crippen LogP contribution in [-0.4, -0.2) is 40.4 Å². The molecule has 2 rings (SSSR count). The van der Waals surface area contributed by atoms with Gasteiger partial charge in [-0.05, 0) is 43.2 Å². The smallest absolute Gasteiger partial charge is 0.191 e. The van der Waals surface area contributed by atoms with Crippen LogP contribution < -0.4 is 24.8 Å². The van der Waals surface area contributed by atoms with Crippen molar-refractivity contribution in [3.63, 3.8) is 0 Å². The molecule has 2 aromatic rings. The standard InChI is InChI=1S/C21H28FN3O3/c1-15(16-9-10-20(27-4)19(22)13-16)25-21(23-2)24-11-6-12-28-18-8-5-7-17(14-18)26-3/h5,7-10,13-15H,6,11-12H2,1-4H3,(H2,23,24,25). The molecule has 6 nitrogen and oxygen atoms in total. The fourth-order valence-electron chi connectivity index (χ4n) is 2.59. The van der Waals surface area contributed by atoms with Gasteiger partial charge in [0.15, 0.2) is 17.5 Å². The molecule has 0 saturated heterocycles. The van der Waals surface area contributed by atoms with E-state index in [1.54, 1.807) is 20.2 Å². The minimum Gasteiger partial charge on any atom is -0.497 e. The summed E-state index contributed by atoms with van der Waals surface area (Å²) in [6, 6.07) is 12.3. The first kappa shape index (κ1) is 21.3. The Morgan fingerprint density at radius 3 is 2.57 bits per heavy atom. The summed E-state index contributed by atoms with van der Waals surface area (Å²) < 4.78 is 29.7. The van der Waals surface area contributed by atoms with E-state index in [0.29, 0.717) is 19.1 Å². The van der Waals surface area contributed by atoms with Crippen molar-refractivity contribution in [2.45, 2.75) is 19.4 Å². The van der Waals surface area contributed by atoms with Crippen LogP contribution in [0.3, 0.4) is 0 Å². The lowest BCUT2D eigenvalue weighted by Crippen LogP contribution is -2.39. The Morgan fingerprint density at radius 1 is 1.11 bits per heavy atom. The van der Waals surface area contributed by atoms with Gasteiger partial charge in [-0.3, -0.25) is 4.99 Å². The predicted molar refractivity (Wildman–Crippen MR) is 109 cm³/mol. The first-order valence-corrected chi connectivity index (χ1v) is 9.15. The highest BCUT2D eigenvalue weighted by Gasteiger charge is 2.11. The van der Waals surface area contributed by atoms with Crippen LogP contribution in [0.2, 0.25) is 0 Å². The molecular weight excluding hydrogens is 361 g/mol. The van der Waals surface area contributed by atoms with Crippen LogP contribution in [0.4, 0.5) is 4.39 Å². The lowest BCUT2D eigenvalue weighted by Gasteiger charge is -2.19. The van der Waals surface area contributed by atoms with Gasteiger partial charge in [0.1, 0.15) is 11.5 Å². The van der Waals surface area contributed by atoms with Gasteiger partial charge in [-0.2, -0.15) is 0 Å². The number of nitrogens with one attached hydrogen (secondary N) is 2. The molecule has 0 saturated carbocycles. The van der Waals surface area contributed by atoms with E-state index >= 15 is 0 Å². The number of methoxy groups -OCH3 is 2. The Kier molecular flexibility index (Phi) is 8.39. The summed E-state index contributed by atoms with van der Waals surface area (Å²) in [4.78, 5) is 4.21. The molecule has 1 unspecified atom stereocenters. The van der Waals surface area contributed by atoms with E-state index in [1.165, 1.54) is 13.2 Å². The topological polar surface area (TPSA) is 64.1 Å². The number of guanidine groups is 1. The van der Waals surface area contributed by atoms with Crippen LogP contribution in [0.15, 0.2) is 47.5 Å². The molecule has 1 atom stereocenters. The minimum absolute atomic E-state index is 0.111. The molecule has 0 aromatic heterocycles. The van der Waals surface area contributed by atoms with E-state index < -0.39 is 0 Å². The summed E-state index contributed by atoms with van der Waals surface area (Å²) in [5, 5.41) is 6.48. The number of halogens is 1. The fraction of sp³-hybridized carbons (Fsp3) is 0.381. The van der Waals surface area contributed by atoms with Crippen molar-refractivity contribution in [1.82, 2.24) is 10.6 Å². The summed E-state index contributed by atoms with van der Waals surface area (Å²) >= 11 is 0. The first-order chi connectivity index (χ1) is 13.6. The third-order valence-electron chi connectivity index (χ3n) is 4.18. The maximum Gasteiger partial charge on any atom is 0.191 e. The van der Waals surface area contributed by atoms with Gasteiger partial charge in [-0.25, -0.2) is 4.39 Å². The zero-order valence-electron chi connectivity index (χ0n) is 16.8. The highest BCUT2D eigenvalue weighted by atomic mass is 19.1. The lowest BCUT2D eigenvalue weighted by molar-refractivity contribution is 0.308. The second-order valence-corrected chi connectivity index (χ2v) is 6.14. The van der Waals surface area contributed by atoms with E-state index in [9.17, 15) is 4.39 Å². The summed E-state index contributed by atoms with van der Waals surface area (Å²) in [7, 11) is 4.77. The van der Waals surface area contributed by atoms with Crippen LogP contribution in [-0.2, 0) is 0 Å². The summed E-state index contributed by atoms with van der Waals surface area (Å²) in [5.41, 5.74) is 0.808. The molecule has 7 heteroatoms. The Balaban J connectivity index is 1.75. The monoisotopic (exact) mass is 389 g/mol. The van der Waals surface area contributed by atoms with Crippen LogP contribution in [0.25, 0.3) is 0 Å². The van der Waals surface area contributed by atoms with Crippen LogP contribution in [0.1, 0.15) is 24.9 Å². The van der Waals surface area contributed by atoms with Crippen molar-refractivity contribution in [2.75, 3.05) is 34.4 Å². The van der Waals surface area contributed by atoms with Crippen molar-refractivity contribution in [2.24, 2.45) is 4.99 Å². The molecule has 28 heavy (non-hydrogen) atoms. The molecule has 0 aliphatic rings. The van der Waals surface area contributed by atoms with Gasteiger partial charge in [0, 0.05) is 19.7 Å². The van der Waals surface area contributed by atoms with Crippen molar-refractivity contribution in [3.05, 3.63) is 53.8 Å². The zero-order valence-corrected chi connectivity index (χ0v) is 16.8. The molecule has 0 aliphatic carbocycles. The first-order valence-electron chi connectivity index (χ1n) is 9.15. The van der Waals surface area contributed by atoms with Gasteiger partial charge in [0.05, 0.1) is 26.9 Å². The number of hydrogen-bond donors (Lipinski definition) is 2. The van der Waals surface area contributed by atoms with Crippen molar-refractivity contribution < 1.29 is 18.6 Å². The van der Waals surface area contributed by atoms with Gasteiger partial charge in [-0.15, -0.1) is 0 Å². The Hall–Kier alpha value is -2.96. The van der Waals surface area contributed by atoms with Crippen molar-refractivity contribution in [1.29, 1.82) is 0 Å². The van der Waals surface area contributed by atoms with E-state index in [0.717, 1.165) is 23.5 Å². The number of benzene rings is 2. The highest BCUT2D eigenvalue weighted by molar-refractivity contribution is 5.80. The van der Waals surface area contributed by atoms with E-state index in [1.807, 2.05) is 37.3 Å². The lowest BCUT2D eigenvalue weighted by atomic mass is 10.1. The van der Waals surface area contributed by atoms with E-state index in [-0.39, 0.29) is 17.6 Å². The second kappa shape index (κ2) is 11.0. The fourth-order valence-corrected chi connectivity index (χ4v) is 2.59. The van der Waals surface area contributed by atoms with Gasteiger partial charge in [0.2, 0.25) is 0 Å². The molecule has 0 heterocycles. The van der Waals surface area contributed by atoms with Gasteiger partial charge in [0.25, 0.3) is 0 Å². The number of ether oxygens (including phenoxy) is 3. The molecule has 2 aromatic carbocycles. The molecule has 0 spiro atoms. The minimum atomic E-state index is -0.383. The van der Waals surface area contributed by atoms with Crippen LogP contribution >= 0.6 is 0 Å². The SMILES string of the molecule is CN=C(NCCCOc1cccc(OC)c1)NC(C)c1ccc(OC)c(F)c1. The Bertz CT molecular complexity index is 783. The maximum atomic E-state index is 13.9. The number of aliphatic imine (C=N–C) groups is 1. The van der Waals surface area contributed by atoms with E-state index in [4.69, 9.17) is 14.2 Å². The van der Waals surface area contributed by atoms with Crippen LogP contribution in [0.5, 0.6) is 17.2 Å². The average molecular weight is 389 g/mol. The molecule has 0 fully saturated rings. The van der Waals surface area contributed by atoms with Crippen molar-refractivity contribution in [3.8, 4) is 17.2 Å². The number of hydrogen-bond acceptors (Lipinski definition) is 4. The molecule has 0 radical (unpaired) electrons. The normalized spacial score (nSPS) is 12.2. The Labute approximate surface area is 165 Å². The summed E-state index contributed by atoms with van der Waals surface area (Å²) in [6.07, 6.45) is 0.795. The quantitative estimate of drug-likeness (QED) is 0.390. The summed E-state index contributed by atoms with van der Waals surface area (Å²) in [5.74, 6) is 2.03. The van der Waals surface area contributed by atoms with Gasteiger partial charge < -0.3 is 24.8 Å². The molecule has 0 aliphatic heterocycles. The number of nitrogens with zero attached hydrogens (tertiary/aromatic N) is 1. The summed E-state index contributed by atoms with van der Waals surface area (Å²) in [6.45, 7) is 3.20. The second-order valence-electron chi connectivity index (χ2n) is 6.14. The molecule has 2 N–H and O–H groups in total. The number of rotatable bonds is 9. The van der Waals surface area contributed by atoms with E-state index in [2.05, 4.69) is 15.6 Å². The third-order valence-corrected chi connectivity index (χ3v) is 4.18. The maximum absolute atomic E-state index is 13.9. The molecule has 152 valence electrons. The van der Waals surface area contributed by atoms with Gasteiger partial charge in [-0.1, -0.05) is 12.1 Å². The molecule has 0 amide bonds. The predicted octanol–water partition coefficient (Wildman–Crippen LogP) is 3.54. The largest absolute Gasteiger partial charge is 0.497 e. The zero-order chi connectivity index (χ0) is 20.4. The Morgan fingerprint density at radius 2 is 1.89 bits per heavy atom. The van der Waals surface area contributed by atoms with Gasteiger partial charge >= 0.3 is 0 Å².